The van der Waals surface area contributed by atoms with E-state index in [2.05, 4.69) is 5.32 Å². The lowest BCUT2D eigenvalue weighted by molar-refractivity contribution is -0.141. The van der Waals surface area contributed by atoms with E-state index in [4.69, 9.17) is 11.6 Å². The van der Waals surface area contributed by atoms with Gasteiger partial charge in [0.1, 0.15) is 5.60 Å². The molecule has 1 heterocycles. The highest BCUT2D eigenvalue weighted by molar-refractivity contribution is 6.31. The van der Waals surface area contributed by atoms with Crippen LogP contribution in [-0.2, 0) is 11.8 Å². The number of β-amino-alcohol motifs (C(OH)–C–C–N with tert-alkyl or cyclic N) is 1. The number of piperidine rings is 1. The molecule has 2 N–H and O–H groups in total. The van der Waals surface area contributed by atoms with Crippen molar-refractivity contribution in [3.63, 3.8) is 0 Å². The standard InChI is InChI=1S/C12H13ClF3NO/c13-9-4-1-3-8(12(14,15)16)10(9)11(18)5-2-6-17-7-11/h1,3-4,17-18H,2,5-7H2. The van der Waals surface area contributed by atoms with Crippen LogP contribution < -0.4 is 5.32 Å². The molecule has 0 saturated carbocycles. The molecule has 2 nitrogen and oxygen atoms in total. The summed E-state index contributed by atoms with van der Waals surface area (Å²) in [5.41, 5.74) is -2.63. The van der Waals surface area contributed by atoms with Gasteiger partial charge in [0.05, 0.1) is 5.56 Å². The molecule has 18 heavy (non-hydrogen) atoms. The normalized spacial score (nSPS) is 25.2. The smallest absolute Gasteiger partial charge is 0.384 e. The van der Waals surface area contributed by atoms with Gasteiger partial charge in [-0.15, -0.1) is 0 Å². The molecule has 0 radical (unpaired) electrons. The molecule has 6 heteroatoms. The number of hydrogen-bond acceptors (Lipinski definition) is 2. The van der Waals surface area contributed by atoms with E-state index in [-0.39, 0.29) is 23.6 Å². The minimum absolute atomic E-state index is 0.0453. The first-order valence-electron chi connectivity index (χ1n) is 5.64. The summed E-state index contributed by atoms with van der Waals surface area (Å²) >= 11 is 5.87. The number of alkyl halides is 3. The van der Waals surface area contributed by atoms with E-state index in [0.29, 0.717) is 13.0 Å². The Balaban J connectivity index is 2.55. The van der Waals surface area contributed by atoms with E-state index < -0.39 is 17.3 Å². The molecular formula is C12H13ClF3NO. The van der Waals surface area contributed by atoms with Crippen LogP contribution in [0.3, 0.4) is 0 Å². The first-order chi connectivity index (χ1) is 8.34. The molecular weight excluding hydrogens is 267 g/mol. The SMILES string of the molecule is OC1(c2c(Cl)cccc2C(F)(F)F)CCCNC1. The first kappa shape index (κ1) is 13.6. The Morgan fingerprint density at radius 3 is 2.61 bits per heavy atom. The molecule has 1 aliphatic heterocycles. The quantitative estimate of drug-likeness (QED) is 0.828. The van der Waals surface area contributed by atoms with Crippen molar-refractivity contribution in [1.82, 2.24) is 5.32 Å². The number of nitrogens with one attached hydrogen (secondary N) is 1. The third-order valence-electron chi connectivity index (χ3n) is 3.15. The van der Waals surface area contributed by atoms with E-state index in [1.165, 1.54) is 12.1 Å². The molecule has 2 rings (SSSR count). The number of halogens is 4. The number of aliphatic hydroxyl groups is 1. The Labute approximate surface area is 108 Å². The Morgan fingerprint density at radius 1 is 1.33 bits per heavy atom. The van der Waals surface area contributed by atoms with E-state index in [1.807, 2.05) is 0 Å². The summed E-state index contributed by atoms with van der Waals surface area (Å²) in [6.45, 7) is 0.772. The van der Waals surface area contributed by atoms with Gasteiger partial charge in [-0.1, -0.05) is 17.7 Å². The van der Waals surface area contributed by atoms with Crippen molar-refractivity contribution >= 4 is 11.6 Å². The highest BCUT2D eigenvalue weighted by Crippen LogP contribution is 2.42. The minimum atomic E-state index is -4.52. The van der Waals surface area contributed by atoms with E-state index in [1.54, 1.807) is 0 Å². The van der Waals surface area contributed by atoms with Gasteiger partial charge in [-0.3, -0.25) is 0 Å². The van der Waals surface area contributed by atoms with Gasteiger partial charge >= 0.3 is 6.18 Å². The van der Waals surface area contributed by atoms with Gasteiger partial charge in [-0.25, -0.2) is 0 Å². The summed E-state index contributed by atoms with van der Waals surface area (Å²) in [5, 5.41) is 13.3. The molecule has 1 atom stereocenters. The molecule has 1 unspecified atom stereocenters. The zero-order valence-electron chi connectivity index (χ0n) is 9.52. The summed E-state index contributed by atoms with van der Waals surface area (Å²) in [5.74, 6) is 0. The highest BCUT2D eigenvalue weighted by Gasteiger charge is 2.42. The Kier molecular flexibility index (Phi) is 3.58. The van der Waals surface area contributed by atoms with Gasteiger partial charge in [0.15, 0.2) is 0 Å². The van der Waals surface area contributed by atoms with E-state index in [9.17, 15) is 18.3 Å². The molecule has 1 fully saturated rings. The maximum absolute atomic E-state index is 13.0. The van der Waals surface area contributed by atoms with Crippen LogP contribution in [0.1, 0.15) is 24.0 Å². The fraction of sp³-hybridized carbons (Fsp3) is 0.500. The summed E-state index contributed by atoms with van der Waals surface area (Å²) < 4.78 is 38.9. The average molecular weight is 280 g/mol. The molecule has 100 valence electrons. The molecule has 0 spiro atoms. The topological polar surface area (TPSA) is 32.3 Å². The van der Waals surface area contributed by atoms with Gasteiger partial charge in [0.2, 0.25) is 0 Å². The Bertz CT molecular complexity index is 441. The number of benzene rings is 1. The Hall–Kier alpha value is -0.780. The summed E-state index contributed by atoms with van der Waals surface area (Å²) in [6.07, 6.45) is -3.64. The fourth-order valence-electron chi connectivity index (χ4n) is 2.34. The van der Waals surface area contributed by atoms with Gasteiger partial charge in [-0.2, -0.15) is 13.2 Å². The number of hydrogen-bond donors (Lipinski definition) is 2. The van der Waals surface area contributed by atoms with Gasteiger partial charge in [0, 0.05) is 17.1 Å². The third-order valence-corrected chi connectivity index (χ3v) is 3.46. The van der Waals surface area contributed by atoms with Crippen LogP contribution in [0.4, 0.5) is 13.2 Å². The van der Waals surface area contributed by atoms with Crippen LogP contribution >= 0.6 is 11.6 Å². The highest BCUT2D eigenvalue weighted by atomic mass is 35.5. The largest absolute Gasteiger partial charge is 0.416 e. The van der Waals surface area contributed by atoms with Crippen molar-refractivity contribution in [3.05, 3.63) is 34.3 Å². The van der Waals surface area contributed by atoms with Gasteiger partial charge in [0.25, 0.3) is 0 Å². The Morgan fingerprint density at radius 2 is 2.06 bits per heavy atom. The monoisotopic (exact) mass is 279 g/mol. The van der Waals surface area contributed by atoms with Gasteiger partial charge < -0.3 is 10.4 Å². The lowest BCUT2D eigenvalue weighted by atomic mass is 9.83. The van der Waals surface area contributed by atoms with Crippen molar-refractivity contribution in [1.29, 1.82) is 0 Å². The van der Waals surface area contributed by atoms with E-state index >= 15 is 0 Å². The molecule has 0 aliphatic carbocycles. The van der Waals surface area contributed by atoms with Crippen LogP contribution in [0.2, 0.25) is 5.02 Å². The molecule has 1 aliphatic rings. The molecule has 0 amide bonds. The predicted octanol–water partition coefficient (Wildman–Crippen LogP) is 2.93. The summed E-state index contributed by atoms with van der Waals surface area (Å²) in [4.78, 5) is 0. The lowest BCUT2D eigenvalue weighted by Crippen LogP contribution is -2.44. The maximum Gasteiger partial charge on any atom is 0.416 e. The van der Waals surface area contributed by atoms with Crippen LogP contribution in [0.25, 0.3) is 0 Å². The summed E-state index contributed by atoms with van der Waals surface area (Å²) in [6, 6.07) is 3.57. The van der Waals surface area contributed by atoms with Crippen molar-refractivity contribution in [2.75, 3.05) is 13.1 Å². The minimum Gasteiger partial charge on any atom is -0.384 e. The number of rotatable bonds is 1. The third kappa shape index (κ3) is 2.48. The van der Waals surface area contributed by atoms with Gasteiger partial charge in [-0.05, 0) is 31.5 Å². The predicted molar refractivity (Wildman–Crippen MR) is 62.5 cm³/mol. The van der Waals surface area contributed by atoms with Crippen molar-refractivity contribution in [3.8, 4) is 0 Å². The van der Waals surface area contributed by atoms with Crippen LogP contribution in [-0.4, -0.2) is 18.2 Å². The zero-order chi connectivity index (χ0) is 13.4. The van der Waals surface area contributed by atoms with Crippen molar-refractivity contribution < 1.29 is 18.3 Å². The lowest BCUT2D eigenvalue weighted by Gasteiger charge is -2.35. The molecule has 1 aromatic carbocycles. The second kappa shape index (κ2) is 4.72. The van der Waals surface area contributed by atoms with Crippen LogP contribution in [0.15, 0.2) is 18.2 Å². The van der Waals surface area contributed by atoms with Crippen LogP contribution in [0, 0.1) is 0 Å². The second-order valence-corrected chi connectivity index (χ2v) is 4.88. The molecule has 0 bridgehead atoms. The zero-order valence-corrected chi connectivity index (χ0v) is 10.3. The molecule has 0 aromatic heterocycles. The average Bonchev–Trinajstić information content (AvgIpc) is 2.28. The van der Waals surface area contributed by atoms with Crippen molar-refractivity contribution in [2.24, 2.45) is 0 Å². The first-order valence-corrected chi connectivity index (χ1v) is 6.02. The van der Waals surface area contributed by atoms with Crippen molar-refractivity contribution in [2.45, 2.75) is 24.6 Å². The van der Waals surface area contributed by atoms with E-state index in [0.717, 1.165) is 6.07 Å². The summed E-state index contributed by atoms with van der Waals surface area (Å²) in [7, 11) is 0. The van der Waals surface area contributed by atoms with Crippen LogP contribution in [0.5, 0.6) is 0 Å². The maximum atomic E-state index is 13.0. The second-order valence-electron chi connectivity index (χ2n) is 4.47. The molecule has 1 saturated heterocycles. The fourth-order valence-corrected chi connectivity index (χ4v) is 2.69. The molecule has 1 aromatic rings.